The van der Waals surface area contributed by atoms with Crippen LogP contribution in [-0.2, 0) is 0 Å². The number of nitrogens with two attached hydrogens (primary N) is 1. The van der Waals surface area contributed by atoms with Gasteiger partial charge in [0.1, 0.15) is 0 Å². The maximum atomic E-state index is 12.8. The minimum Gasteiger partial charge on any atom is -0.399 e. The van der Waals surface area contributed by atoms with E-state index in [9.17, 15) is 4.79 Å². The molecule has 0 aliphatic rings. The summed E-state index contributed by atoms with van der Waals surface area (Å²) < 4.78 is 0. The Morgan fingerprint density at radius 2 is 2.00 bits per heavy atom. The van der Waals surface area contributed by atoms with Crippen LogP contribution in [0.15, 0.2) is 24.4 Å². The first kappa shape index (κ1) is 14.4. The average Bonchev–Trinajstić information content (AvgIpc) is 2.77. The fourth-order valence-electron chi connectivity index (χ4n) is 2.40. The molecule has 0 fully saturated rings. The minimum atomic E-state index is 0.0738. The molecule has 0 saturated carbocycles. The van der Waals surface area contributed by atoms with E-state index in [1.807, 2.05) is 36.9 Å². The number of fused-ring (bicyclic) bond motifs is 1. The maximum absolute atomic E-state index is 12.8. The third-order valence-electron chi connectivity index (χ3n) is 3.38. The Morgan fingerprint density at radius 3 is 2.60 bits per heavy atom. The molecule has 0 bridgehead atoms. The number of nitrogens with zero attached hydrogens (tertiary/aromatic N) is 1. The molecule has 0 spiro atoms. The lowest BCUT2D eigenvalue weighted by Crippen LogP contribution is -2.39. The Bertz CT molecular complexity index is 613. The van der Waals surface area contributed by atoms with Crippen LogP contribution in [0.2, 0.25) is 0 Å². The van der Waals surface area contributed by atoms with Crippen LogP contribution in [0.3, 0.4) is 0 Å². The Balaban J connectivity index is 2.38. The zero-order valence-electron chi connectivity index (χ0n) is 12.6. The number of nitrogens with one attached hydrogen (secondary N) is 1. The van der Waals surface area contributed by atoms with Crippen LogP contribution in [0.25, 0.3) is 10.9 Å². The van der Waals surface area contributed by atoms with Crippen molar-refractivity contribution in [3.8, 4) is 0 Å². The van der Waals surface area contributed by atoms with Crippen molar-refractivity contribution in [2.75, 3.05) is 12.3 Å². The van der Waals surface area contributed by atoms with E-state index >= 15 is 0 Å². The highest BCUT2D eigenvalue weighted by Crippen LogP contribution is 2.23. The van der Waals surface area contributed by atoms with E-state index in [1.165, 1.54) is 0 Å². The van der Waals surface area contributed by atoms with Crippen molar-refractivity contribution in [2.24, 2.45) is 5.92 Å². The summed E-state index contributed by atoms with van der Waals surface area (Å²) in [4.78, 5) is 17.8. The van der Waals surface area contributed by atoms with E-state index in [-0.39, 0.29) is 11.9 Å². The van der Waals surface area contributed by atoms with Gasteiger partial charge in [-0.2, -0.15) is 0 Å². The Kier molecular flexibility index (Phi) is 4.02. The number of anilines is 1. The number of H-pyrrole nitrogens is 1. The zero-order valence-corrected chi connectivity index (χ0v) is 12.6. The molecule has 2 aromatic rings. The maximum Gasteiger partial charge on any atom is 0.256 e. The summed E-state index contributed by atoms with van der Waals surface area (Å²) in [7, 11) is 0. The second-order valence-corrected chi connectivity index (χ2v) is 5.95. The molecular formula is C16H23N3O. The number of carbonyl (C=O) groups excluding carboxylic acids is 1. The zero-order chi connectivity index (χ0) is 14.9. The van der Waals surface area contributed by atoms with Crippen molar-refractivity contribution >= 4 is 22.5 Å². The molecule has 108 valence electrons. The van der Waals surface area contributed by atoms with Crippen LogP contribution in [0.4, 0.5) is 5.69 Å². The summed E-state index contributed by atoms with van der Waals surface area (Å²) in [5.74, 6) is 0.520. The van der Waals surface area contributed by atoms with Crippen LogP contribution in [-0.4, -0.2) is 28.4 Å². The number of aromatic amines is 1. The number of carbonyl (C=O) groups is 1. The molecule has 0 saturated heterocycles. The predicted molar refractivity (Wildman–Crippen MR) is 83.7 cm³/mol. The molecular weight excluding hydrogens is 250 g/mol. The van der Waals surface area contributed by atoms with Crippen LogP contribution >= 0.6 is 0 Å². The highest BCUT2D eigenvalue weighted by Gasteiger charge is 2.22. The molecule has 0 unspecified atom stereocenters. The fourth-order valence-corrected chi connectivity index (χ4v) is 2.40. The predicted octanol–water partition coefficient (Wildman–Crippen LogP) is 3.26. The highest BCUT2D eigenvalue weighted by atomic mass is 16.2. The van der Waals surface area contributed by atoms with Gasteiger partial charge < -0.3 is 15.6 Å². The summed E-state index contributed by atoms with van der Waals surface area (Å²) in [5.41, 5.74) is 8.08. The minimum absolute atomic E-state index is 0.0738. The van der Waals surface area contributed by atoms with Crippen molar-refractivity contribution in [1.82, 2.24) is 9.88 Å². The fraction of sp³-hybridized carbons (Fsp3) is 0.438. The first-order chi connectivity index (χ1) is 9.40. The molecule has 4 nitrogen and oxygen atoms in total. The van der Waals surface area contributed by atoms with Gasteiger partial charge in [-0.3, -0.25) is 4.79 Å². The lowest BCUT2D eigenvalue weighted by molar-refractivity contribution is 0.0684. The molecule has 0 aliphatic carbocycles. The van der Waals surface area contributed by atoms with Crippen LogP contribution in [0.1, 0.15) is 38.1 Å². The third kappa shape index (κ3) is 2.79. The van der Waals surface area contributed by atoms with E-state index in [0.29, 0.717) is 17.2 Å². The third-order valence-corrected chi connectivity index (χ3v) is 3.38. The topological polar surface area (TPSA) is 62.1 Å². The van der Waals surface area contributed by atoms with Gasteiger partial charge in [-0.05, 0) is 38.0 Å². The first-order valence-corrected chi connectivity index (χ1v) is 7.07. The van der Waals surface area contributed by atoms with E-state index in [0.717, 1.165) is 17.4 Å². The van der Waals surface area contributed by atoms with Crippen LogP contribution in [0.5, 0.6) is 0 Å². The number of hydrogen-bond acceptors (Lipinski definition) is 2. The molecule has 1 aromatic heterocycles. The lowest BCUT2D eigenvalue weighted by Gasteiger charge is -2.28. The number of aromatic nitrogens is 1. The van der Waals surface area contributed by atoms with E-state index in [2.05, 4.69) is 18.8 Å². The number of rotatable bonds is 4. The second kappa shape index (κ2) is 5.57. The van der Waals surface area contributed by atoms with E-state index < -0.39 is 0 Å². The van der Waals surface area contributed by atoms with Gasteiger partial charge in [-0.25, -0.2) is 0 Å². The summed E-state index contributed by atoms with van der Waals surface area (Å²) in [6.45, 7) is 9.11. The summed E-state index contributed by atoms with van der Waals surface area (Å²) in [6.07, 6.45) is 1.78. The quantitative estimate of drug-likeness (QED) is 0.840. The summed E-state index contributed by atoms with van der Waals surface area (Å²) in [6, 6.07) is 5.77. The van der Waals surface area contributed by atoms with Crippen LogP contribution < -0.4 is 5.73 Å². The molecule has 20 heavy (non-hydrogen) atoms. The number of benzene rings is 1. The molecule has 0 radical (unpaired) electrons. The first-order valence-electron chi connectivity index (χ1n) is 7.07. The monoisotopic (exact) mass is 273 g/mol. The van der Waals surface area contributed by atoms with Crippen molar-refractivity contribution in [1.29, 1.82) is 0 Å². The Hall–Kier alpha value is -1.97. The SMILES string of the molecule is CC(C)CN(C(=O)c1c[nH]c2cc(N)ccc12)C(C)C. The van der Waals surface area contributed by atoms with Gasteiger partial charge in [0.15, 0.2) is 0 Å². The average molecular weight is 273 g/mol. The Morgan fingerprint density at radius 1 is 1.30 bits per heavy atom. The van der Waals surface area contributed by atoms with Crippen molar-refractivity contribution < 1.29 is 4.79 Å². The molecule has 1 heterocycles. The molecule has 3 N–H and O–H groups in total. The number of hydrogen-bond donors (Lipinski definition) is 2. The molecule has 1 aromatic carbocycles. The van der Waals surface area contributed by atoms with Gasteiger partial charge >= 0.3 is 0 Å². The summed E-state index contributed by atoms with van der Waals surface area (Å²) >= 11 is 0. The smallest absolute Gasteiger partial charge is 0.256 e. The van der Waals surface area contributed by atoms with Crippen molar-refractivity contribution in [3.05, 3.63) is 30.0 Å². The molecule has 4 heteroatoms. The molecule has 2 rings (SSSR count). The number of amides is 1. The van der Waals surface area contributed by atoms with Gasteiger partial charge in [0.25, 0.3) is 5.91 Å². The highest BCUT2D eigenvalue weighted by molar-refractivity contribution is 6.07. The van der Waals surface area contributed by atoms with Crippen molar-refractivity contribution in [3.63, 3.8) is 0 Å². The normalized spacial score (nSPS) is 11.5. The second-order valence-electron chi connectivity index (χ2n) is 5.95. The largest absolute Gasteiger partial charge is 0.399 e. The van der Waals surface area contributed by atoms with Gasteiger partial charge in [0.05, 0.1) is 5.56 Å². The molecule has 0 aliphatic heterocycles. The van der Waals surface area contributed by atoms with Gasteiger partial charge in [0, 0.05) is 35.4 Å². The van der Waals surface area contributed by atoms with Gasteiger partial charge in [-0.1, -0.05) is 13.8 Å². The van der Waals surface area contributed by atoms with E-state index in [4.69, 9.17) is 5.73 Å². The summed E-state index contributed by atoms with van der Waals surface area (Å²) in [5, 5.41) is 0.929. The molecule has 1 amide bonds. The van der Waals surface area contributed by atoms with Gasteiger partial charge in [-0.15, -0.1) is 0 Å². The van der Waals surface area contributed by atoms with Gasteiger partial charge in [0.2, 0.25) is 0 Å². The standard InChI is InChI=1S/C16H23N3O/c1-10(2)9-19(11(3)4)16(20)14-8-18-15-7-12(17)5-6-13(14)15/h5-8,10-11,18H,9,17H2,1-4H3. The van der Waals surface area contributed by atoms with E-state index in [1.54, 1.807) is 6.20 Å². The van der Waals surface area contributed by atoms with Crippen LogP contribution in [0, 0.1) is 5.92 Å². The number of nitrogen functional groups attached to an aromatic ring is 1. The lowest BCUT2D eigenvalue weighted by atomic mass is 10.1. The molecule has 0 atom stereocenters. The Labute approximate surface area is 120 Å². The van der Waals surface area contributed by atoms with Crippen molar-refractivity contribution in [2.45, 2.75) is 33.7 Å².